The monoisotopic (exact) mass is 557 g/mol. The van der Waals surface area contributed by atoms with Crippen molar-refractivity contribution >= 4 is 27.3 Å². The van der Waals surface area contributed by atoms with Gasteiger partial charge < -0.3 is 4.90 Å². The van der Waals surface area contributed by atoms with Gasteiger partial charge in [-0.05, 0) is 93.1 Å². The molecule has 2 aliphatic rings. The molecular weight excluding hydrogens is 526 g/mol. The van der Waals surface area contributed by atoms with Crippen molar-refractivity contribution in [2.45, 2.75) is 38.5 Å². The van der Waals surface area contributed by atoms with Crippen molar-refractivity contribution in [3.63, 3.8) is 0 Å². The molecule has 4 aromatic carbocycles. The molecule has 4 aromatic rings. The van der Waals surface area contributed by atoms with Crippen molar-refractivity contribution in [1.82, 2.24) is 0 Å². The molecule has 6 rings (SSSR count). The van der Waals surface area contributed by atoms with E-state index in [0.29, 0.717) is 0 Å². The minimum atomic E-state index is -0.151. The van der Waals surface area contributed by atoms with Crippen LogP contribution >= 0.6 is 15.9 Å². The van der Waals surface area contributed by atoms with E-state index in [1.807, 2.05) is 18.2 Å². The van der Waals surface area contributed by atoms with Crippen LogP contribution in [0.5, 0.6) is 0 Å². The second-order valence-electron chi connectivity index (χ2n) is 11.3. The molecule has 188 valence electrons. The van der Waals surface area contributed by atoms with Crippen molar-refractivity contribution in [2.75, 3.05) is 4.90 Å². The van der Waals surface area contributed by atoms with Crippen molar-refractivity contribution in [3.8, 4) is 22.3 Å². The molecule has 0 atom stereocenters. The third-order valence-electron chi connectivity index (χ3n) is 8.46. The van der Waals surface area contributed by atoms with Crippen LogP contribution in [0.4, 0.5) is 11.4 Å². The van der Waals surface area contributed by atoms with Crippen LogP contribution < -0.4 is 4.90 Å². The number of hydrogen-bond donors (Lipinski definition) is 0. The van der Waals surface area contributed by atoms with Gasteiger partial charge in [0.15, 0.2) is 0 Å². The smallest absolute Gasteiger partial charge is 0.0506 e. The molecule has 38 heavy (non-hydrogen) atoms. The zero-order valence-electron chi connectivity index (χ0n) is 22.5. The van der Waals surface area contributed by atoms with Gasteiger partial charge in [0.05, 0.1) is 11.4 Å². The maximum atomic E-state index is 4.15. The highest BCUT2D eigenvalue weighted by molar-refractivity contribution is 9.10. The summed E-state index contributed by atoms with van der Waals surface area (Å²) in [5, 5.41) is 0. The van der Waals surface area contributed by atoms with E-state index in [1.165, 1.54) is 55.9 Å². The Morgan fingerprint density at radius 2 is 1.34 bits per heavy atom. The van der Waals surface area contributed by atoms with Gasteiger partial charge in [0.2, 0.25) is 0 Å². The lowest BCUT2D eigenvalue weighted by Gasteiger charge is -2.43. The number of nitrogens with zero attached hydrogens (tertiary/aromatic N) is 1. The highest BCUT2D eigenvalue weighted by Gasteiger charge is 2.42. The Morgan fingerprint density at radius 1 is 0.684 bits per heavy atom. The predicted molar refractivity (Wildman–Crippen MR) is 166 cm³/mol. The Morgan fingerprint density at radius 3 is 2.05 bits per heavy atom. The summed E-state index contributed by atoms with van der Waals surface area (Å²) in [7, 11) is 0. The molecule has 0 aromatic heterocycles. The van der Waals surface area contributed by atoms with E-state index in [-0.39, 0.29) is 10.8 Å². The van der Waals surface area contributed by atoms with Crippen molar-refractivity contribution in [2.24, 2.45) is 0 Å². The molecule has 0 bridgehead atoms. The lowest BCUT2D eigenvalue weighted by molar-refractivity contribution is 0.626. The number of hydrogen-bond acceptors (Lipinski definition) is 1. The normalized spacial score (nSPS) is 16.2. The molecular formula is C36H32BrN. The largest absolute Gasteiger partial charge is 0.310 e. The lowest BCUT2D eigenvalue weighted by atomic mass is 9.71. The van der Waals surface area contributed by atoms with Gasteiger partial charge in [0.1, 0.15) is 0 Å². The summed E-state index contributed by atoms with van der Waals surface area (Å²) in [5.41, 5.74) is 13.7. The van der Waals surface area contributed by atoms with E-state index < -0.39 is 0 Å². The molecule has 0 radical (unpaired) electrons. The maximum absolute atomic E-state index is 4.15. The molecule has 1 nitrogen and oxygen atoms in total. The fourth-order valence-corrected chi connectivity index (χ4v) is 6.65. The highest BCUT2D eigenvalue weighted by atomic mass is 79.9. The minimum Gasteiger partial charge on any atom is -0.310 e. The summed E-state index contributed by atoms with van der Waals surface area (Å²) in [4.78, 5) is 2.36. The third kappa shape index (κ3) is 3.50. The van der Waals surface area contributed by atoms with Crippen LogP contribution in [0.25, 0.3) is 22.3 Å². The topological polar surface area (TPSA) is 3.24 Å². The molecule has 0 unspecified atom stereocenters. The molecule has 0 N–H and O–H groups in total. The summed E-state index contributed by atoms with van der Waals surface area (Å²) in [5.74, 6) is 0. The van der Waals surface area contributed by atoms with Crippen molar-refractivity contribution in [3.05, 3.63) is 143 Å². The van der Waals surface area contributed by atoms with Gasteiger partial charge in [-0.25, -0.2) is 0 Å². The fraction of sp³-hybridized carbons (Fsp3) is 0.167. The van der Waals surface area contributed by atoms with E-state index in [0.717, 1.165) is 10.2 Å². The summed E-state index contributed by atoms with van der Waals surface area (Å²) >= 11 is 3.57. The van der Waals surface area contributed by atoms with Crippen molar-refractivity contribution < 1.29 is 0 Å². The van der Waals surface area contributed by atoms with Crippen LogP contribution in [0.2, 0.25) is 0 Å². The number of para-hydroxylation sites is 1. The number of allylic oxidation sites excluding steroid dienone is 3. The molecule has 0 spiro atoms. The Kier molecular flexibility index (Phi) is 5.66. The Labute approximate surface area is 235 Å². The van der Waals surface area contributed by atoms with Crippen LogP contribution in [0.3, 0.4) is 0 Å². The Balaban J connectivity index is 1.60. The average molecular weight is 559 g/mol. The second kappa shape index (κ2) is 8.71. The van der Waals surface area contributed by atoms with Gasteiger partial charge >= 0.3 is 0 Å². The summed E-state index contributed by atoms with van der Waals surface area (Å²) in [6, 6.07) is 29.2. The molecule has 0 saturated carbocycles. The number of fused-ring (bicyclic) bond motifs is 5. The molecule has 0 amide bonds. The zero-order valence-corrected chi connectivity index (χ0v) is 24.1. The van der Waals surface area contributed by atoms with E-state index in [1.54, 1.807) is 0 Å². The third-order valence-corrected chi connectivity index (χ3v) is 8.99. The first-order valence-electron chi connectivity index (χ1n) is 13.1. The van der Waals surface area contributed by atoms with Gasteiger partial charge in [-0.2, -0.15) is 0 Å². The lowest BCUT2D eigenvalue weighted by Crippen LogP contribution is -2.32. The number of halogens is 1. The number of rotatable bonds is 4. The first-order valence-corrected chi connectivity index (χ1v) is 13.9. The van der Waals surface area contributed by atoms with Crippen LogP contribution in [-0.2, 0) is 10.8 Å². The molecule has 1 heterocycles. The zero-order chi connectivity index (χ0) is 26.8. The summed E-state index contributed by atoms with van der Waals surface area (Å²) < 4.78 is 1.10. The molecule has 1 aliphatic heterocycles. The van der Waals surface area contributed by atoms with Gasteiger partial charge in [-0.3, -0.25) is 0 Å². The molecule has 0 fully saturated rings. The van der Waals surface area contributed by atoms with E-state index in [2.05, 4.69) is 141 Å². The first kappa shape index (κ1) is 24.7. The highest BCUT2D eigenvalue weighted by Crippen LogP contribution is 2.57. The van der Waals surface area contributed by atoms with E-state index in [9.17, 15) is 0 Å². The van der Waals surface area contributed by atoms with Gasteiger partial charge in [0, 0.05) is 21.0 Å². The molecule has 2 heteroatoms. The second-order valence-corrected chi connectivity index (χ2v) is 12.2. The number of anilines is 2. The molecule has 1 aliphatic carbocycles. The SMILES string of the molecule is C=C/C=C(\C=C)N1c2ccccc2C(C)(C)c2cc3c(cc21)C(C)(C)c1cc(-c2ccc(Br)cc2)ccc1-3. The Hall–Kier alpha value is -3.62. The quantitative estimate of drug-likeness (QED) is 0.225. The summed E-state index contributed by atoms with van der Waals surface area (Å²) in [6.45, 7) is 17.5. The minimum absolute atomic E-state index is 0.131. The van der Waals surface area contributed by atoms with Crippen LogP contribution in [0, 0.1) is 0 Å². The Bertz CT molecular complexity index is 1650. The van der Waals surface area contributed by atoms with Crippen LogP contribution in [0.1, 0.15) is 49.9 Å². The van der Waals surface area contributed by atoms with Gasteiger partial charge in [-0.15, -0.1) is 0 Å². The van der Waals surface area contributed by atoms with Gasteiger partial charge in [-0.1, -0.05) is 105 Å². The van der Waals surface area contributed by atoms with Crippen LogP contribution in [-0.4, -0.2) is 0 Å². The average Bonchev–Trinajstić information content (AvgIpc) is 3.13. The fourth-order valence-electron chi connectivity index (χ4n) is 6.38. The maximum Gasteiger partial charge on any atom is 0.0506 e. The van der Waals surface area contributed by atoms with Crippen LogP contribution in [0.15, 0.2) is 120 Å². The molecule has 0 saturated heterocycles. The van der Waals surface area contributed by atoms with E-state index >= 15 is 0 Å². The summed E-state index contributed by atoms with van der Waals surface area (Å²) in [6.07, 6.45) is 5.82. The number of benzene rings is 4. The van der Waals surface area contributed by atoms with E-state index in [4.69, 9.17) is 0 Å². The standard InChI is InChI=1S/C36H32BrN/c1-7-11-26(8-2)38-33-13-10-9-12-29(33)35(3,4)32-21-28-27-19-16-24(23-14-17-25(37)18-15-23)20-30(27)36(5,6)31(28)22-34(32)38/h7-22H,1-2H2,3-6H3/b26-11+. The first-order chi connectivity index (χ1) is 18.2. The predicted octanol–water partition coefficient (Wildman–Crippen LogP) is 10.5. The van der Waals surface area contributed by atoms with Crippen molar-refractivity contribution in [1.29, 1.82) is 0 Å². The van der Waals surface area contributed by atoms with Gasteiger partial charge in [0.25, 0.3) is 0 Å².